The monoisotopic (exact) mass is 429 g/mol. The number of aromatic nitrogens is 2. The molecular formula is C16H20IN3O3. The van der Waals surface area contributed by atoms with Crippen molar-refractivity contribution in [3.63, 3.8) is 0 Å². The van der Waals surface area contributed by atoms with Crippen LogP contribution >= 0.6 is 22.6 Å². The van der Waals surface area contributed by atoms with Gasteiger partial charge in [0.25, 0.3) is 0 Å². The Balaban J connectivity index is 1.67. The topological polar surface area (TPSA) is 64.6 Å². The summed E-state index contributed by atoms with van der Waals surface area (Å²) in [4.78, 5) is 22.4. The minimum Gasteiger partial charge on any atom is -0.474 e. The van der Waals surface area contributed by atoms with Crippen LogP contribution in [0.4, 0.5) is 4.79 Å². The second-order valence-electron chi connectivity index (χ2n) is 6.17. The minimum absolute atomic E-state index is 0.0335. The van der Waals surface area contributed by atoms with Gasteiger partial charge in [-0.15, -0.1) is 0 Å². The van der Waals surface area contributed by atoms with E-state index in [0.29, 0.717) is 5.88 Å². The van der Waals surface area contributed by atoms with Crippen molar-refractivity contribution in [2.24, 2.45) is 0 Å². The van der Waals surface area contributed by atoms with E-state index in [4.69, 9.17) is 9.47 Å². The highest BCUT2D eigenvalue weighted by Gasteiger charge is 2.42. The van der Waals surface area contributed by atoms with Crippen molar-refractivity contribution in [3.8, 4) is 5.88 Å². The first-order chi connectivity index (χ1) is 11.0. The lowest BCUT2D eigenvalue weighted by Gasteiger charge is -2.38. The Labute approximate surface area is 149 Å². The molecular weight excluding hydrogens is 409 g/mol. The van der Waals surface area contributed by atoms with Gasteiger partial charge in [0.1, 0.15) is 16.1 Å². The van der Waals surface area contributed by atoms with Crippen LogP contribution in [0.3, 0.4) is 0 Å². The van der Waals surface area contributed by atoms with Crippen molar-refractivity contribution in [1.29, 1.82) is 0 Å². The molecule has 3 heterocycles. The van der Waals surface area contributed by atoms with Crippen LogP contribution in [-0.4, -0.2) is 45.3 Å². The molecule has 1 amide bonds. The van der Waals surface area contributed by atoms with Gasteiger partial charge in [-0.1, -0.05) is 12.2 Å². The lowest BCUT2D eigenvalue weighted by atomic mass is 9.99. The lowest BCUT2D eigenvalue weighted by molar-refractivity contribution is 0.0264. The average Bonchev–Trinajstić information content (AvgIpc) is 2.75. The molecule has 3 rings (SSSR count). The Hall–Kier alpha value is -1.38. The SMILES string of the molecule is Cc1c(I)ncnc1OC1CC2C=C[C@@H](C1)N2C(=O)OC(C)C. The molecule has 2 aliphatic heterocycles. The zero-order valence-corrected chi connectivity index (χ0v) is 15.6. The highest BCUT2D eigenvalue weighted by molar-refractivity contribution is 14.1. The number of nitrogens with zero attached hydrogens (tertiary/aromatic N) is 3. The first-order valence-electron chi connectivity index (χ1n) is 7.76. The van der Waals surface area contributed by atoms with Gasteiger partial charge < -0.3 is 9.47 Å². The summed E-state index contributed by atoms with van der Waals surface area (Å²) >= 11 is 2.17. The van der Waals surface area contributed by atoms with Crippen LogP contribution < -0.4 is 4.74 Å². The molecule has 0 N–H and O–H groups in total. The van der Waals surface area contributed by atoms with Crippen LogP contribution in [0.5, 0.6) is 5.88 Å². The summed E-state index contributed by atoms with van der Waals surface area (Å²) in [6.45, 7) is 5.68. The highest BCUT2D eigenvalue weighted by Crippen LogP contribution is 2.34. The summed E-state index contributed by atoms with van der Waals surface area (Å²) < 4.78 is 12.3. The largest absolute Gasteiger partial charge is 0.474 e. The first-order valence-corrected chi connectivity index (χ1v) is 8.84. The maximum absolute atomic E-state index is 12.2. The van der Waals surface area contributed by atoms with Gasteiger partial charge in [0.15, 0.2) is 0 Å². The second-order valence-corrected chi connectivity index (χ2v) is 7.19. The van der Waals surface area contributed by atoms with Crippen LogP contribution in [0.1, 0.15) is 32.3 Å². The van der Waals surface area contributed by atoms with E-state index in [9.17, 15) is 4.79 Å². The van der Waals surface area contributed by atoms with Gasteiger partial charge in [-0.2, -0.15) is 0 Å². The Kier molecular flexibility index (Phi) is 4.74. The van der Waals surface area contributed by atoms with Crippen molar-refractivity contribution >= 4 is 28.7 Å². The van der Waals surface area contributed by atoms with E-state index in [-0.39, 0.29) is 30.4 Å². The number of carbonyl (C=O) groups excluding carboxylic acids is 1. The van der Waals surface area contributed by atoms with Crippen molar-refractivity contribution in [2.75, 3.05) is 0 Å². The summed E-state index contributed by atoms with van der Waals surface area (Å²) in [5.41, 5.74) is 0.954. The summed E-state index contributed by atoms with van der Waals surface area (Å²) in [5.74, 6) is 0.631. The van der Waals surface area contributed by atoms with E-state index in [1.165, 1.54) is 6.33 Å². The van der Waals surface area contributed by atoms with E-state index >= 15 is 0 Å². The van der Waals surface area contributed by atoms with Crippen molar-refractivity contribution < 1.29 is 14.3 Å². The molecule has 7 heteroatoms. The fourth-order valence-corrected chi connectivity index (χ4v) is 3.38. The van der Waals surface area contributed by atoms with E-state index in [0.717, 1.165) is 22.1 Å². The lowest BCUT2D eigenvalue weighted by Crippen LogP contribution is -2.50. The predicted molar refractivity (Wildman–Crippen MR) is 93.3 cm³/mol. The summed E-state index contributed by atoms with van der Waals surface area (Å²) in [7, 11) is 0. The molecule has 1 aromatic heterocycles. The number of halogens is 1. The van der Waals surface area contributed by atoms with Gasteiger partial charge in [-0.3, -0.25) is 4.90 Å². The Morgan fingerprint density at radius 2 is 1.96 bits per heavy atom. The van der Waals surface area contributed by atoms with Crippen LogP contribution in [0.2, 0.25) is 0 Å². The van der Waals surface area contributed by atoms with E-state index in [2.05, 4.69) is 44.7 Å². The zero-order chi connectivity index (χ0) is 16.6. The fourth-order valence-electron chi connectivity index (χ4n) is 3.03. The number of amides is 1. The molecule has 1 fully saturated rings. The minimum atomic E-state index is -0.244. The Morgan fingerprint density at radius 1 is 1.30 bits per heavy atom. The molecule has 0 aromatic carbocycles. The maximum Gasteiger partial charge on any atom is 0.411 e. The van der Waals surface area contributed by atoms with E-state index in [1.807, 2.05) is 25.7 Å². The number of hydrogen-bond donors (Lipinski definition) is 0. The fraction of sp³-hybridized carbons (Fsp3) is 0.562. The molecule has 2 unspecified atom stereocenters. The van der Waals surface area contributed by atoms with Crippen LogP contribution in [0.25, 0.3) is 0 Å². The molecule has 0 spiro atoms. The van der Waals surface area contributed by atoms with Crippen molar-refractivity contribution in [3.05, 3.63) is 27.7 Å². The van der Waals surface area contributed by atoms with E-state index in [1.54, 1.807) is 0 Å². The summed E-state index contributed by atoms with van der Waals surface area (Å²) in [6, 6.07) is 0.0671. The van der Waals surface area contributed by atoms with Crippen LogP contribution in [0.15, 0.2) is 18.5 Å². The molecule has 0 aliphatic carbocycles. The van der Waals surface area contributed by atoms with Gasteiger partial charge in [0.2, 0.25) is 5.88 Å². The standard InChI is InChI=1S/C16H20IN3O3/c1-9(2)22-16(21)20-11-4-5-12(20)7-13(6-11)23-15-10(3)14(17)18-8-19-15/h4-5,8-9,11-13H,6-7H2,1-3H3/t11-,12?,13?/m0/s1. The third kappa shape index (κ3) is 3.44. The molecule has 2 aliphatic rings. The van der Waals surface area contributed by atoms with Crippen molar-refractivity contribution in [2.45, 2.75) is 57.9 Å². The summed E-state index contributed by atoms with van der Waals surface area (Å²) in [6.07, 6.45) is 6.85. The van der Waals surface area contributed by atoms with Gasteiger partial charge in [-0.05, 0) is 43.4 Å². The highest BCUT2D eigenvalue weighted by atomic mass is 127. The summed E-state index contributed by atoms with van der Waals surface area (Å²) in [5, 5.41) is 0. The number of hydrogen-bond acceptors (Lipinski definition) is 5. The zero-order valence-electron chi connectivity index (χ0n) is 13.4. The molecule has 0 radical (unpaired) electrons. The quantitative estimate of drug-likeness (QED) is 0.420. The third-order valence-electron chi connectivity index (χ3n) is 4.08. The Morgan fingerprint density at radius 3 is 2.57 bits per heavy atom. The molecule has 3 atom stereocenters. The number of ether oxygens (including phenoxy) is 2. The molecule has 2 bridgehead atoms. The normalized spacial score (nSPS) is 25.8. The molecule has 0 saturated carbocycles. The third-order valence-corrected chi connectivity index (χ3v) is 5.17. The smallest absolute Gasteiger partial charge is 0.411 e. The van der Waals surface area contributed by atoms with Crippen molar-refractivity contribution in [1.82, 2.24) is 14.9 Å². The van der Waals surface area contributed by atoms with Crippen LogP contribution in [0, 0.1) is 10.6 Å². The predicted octanol–water partition coefficient (Wildman–Crippen LogP) is 3.08. The van der Waals surface area contributed by atoms with Gasteiger partial charge in [0, 0.05) is 18.4 Å². The number of carbonyl (C=O) groups is 1. The molecule has 1 aromatic rings. The van der Waals surface area contributed by atoms with Gasteiger partial charge in [-0.25, -0.2) is 14.8 Å². The van der Waals surface area contributed by atoms with E-state index < -0.39 is 0 Å². The number of fused-ring (bicyclic) bond motifs is 2. The second kappa shape index (κ2) is 6.62. The number of rotatable bonds is 3. The molecule has 6 nitrogen and oxygen atoms in total. The molecule has 1 saturated heterocycles. The Bertz CT molecular complexity index is 619. The average molecular weight is 429 g/mol. The van der Waals surface area contributed by atoms with Gasteiger partial charge >= 0.3 is 6.09 Å². The molecule has 23 heavy (non-hydrogen) atoms. The first kappa shape index (κ1) is 16.5. The maximum atomic E-state index is 12.2. The van der Waals surface area contributed by atoms with Crippen LogP contribution in [-0.2, 0) is 4.74 Å². The van der Waals surface area contributed by atoms with Gasteiger partial charge in [0.05, 0.1) is 18.2 Å². The number of piperidine rings is 1. The molecule has 124 valence electrons.